The van der Waals surface area contributed by atoms with Crippen LogP contribution in [0, 0.1) is 4.64 Å². The third-order valence-corrected chi connectivity index (χ3v) is 3.17. The first kappa shape index (κ1) is 11.8. The molecule has 78 valence electrons. The summed E-state index contributed by atoms with van der Waals surface area (Å²) in [6.45, 7) is 2.63. The number of rotatable bonds is 4. The number of ether oxygens (including phenoxy) is 1. The second-order valence-electron chi connectivity index (χ2n) is 2.96. The summed E-state index contributed by atoms with van der Waals surface area (Å²) in [6.07, 6.45) is 1.96. The molecule has 5 heteroatoms. The SMILES string of the molecule is CCCc1nc(=S)c(Br)c(COC)[nH]1. The van der Waals surface area contributed by atoms with Gasteiger partial charge in [-0.15, -0.1) is 0 Å². The van der Waals surface area contributed by atoms with E-state index in [2.05, 4.69) is 32.8 Å². The molecule has 14 heavy (non-hydrogen) atoms. The Bertz CT molecular complexity index is 364. The number of H-pyrrole nitrogens is 1. The number of nitrogens with one attached hydrogen (secondary N) is 1. The van der Waals surface area contributed by atoms with Crippen LogP contribution in [-0.4, -0.2) is 17.1 Å². The van der Waals surface area contributed by atoms with Gasteiger partial charge in [-0.1, -0.05) is 19.1 Å². The van der Waals surface area contributed by atoms with E-state index >= 15 is 0 Å². The lowest BCUT2D eigenvalue weighted by Gasteiger charge is -2.06. The van der Waals surface area contributed by atoms with Gasteiger partial charge in [-0.05, 0) is 22.4 Å². The lowest BCUT2D eigenvalue weighted by Crippen LogP contribution is -2.02. The Morgan fingerprint density at radius 2 is 2.29 bits per heavy atom. The van der Waals surface area contributed by atoms with Crippen molar-refractivity contribution in [2.75, 3.05) is 7.11 Å². The number of hydrogen-bond acceptors (Lipinski definition) is 3. The fourth-order valence-corrected chi connectivity index (χ4v) is 1.69. The molecule has 0 atom stereocenters. The van der Waals surface area contributed by atoms with Crippen LogP contribution in [0.1, 0.15) is 24.9 Å². The Balaban J connectivity index is 3.07. The number of methoxy groups -OCH3 is 1. The maximum absolute atomic E-state index is 5.12. The van der Waals surface area contributed by atoms with Crippen molar-refractivity contribution in [3.05, 3.63) is 20.6 Å². The molecular weight excluding hydrogens is 264 g/mol. The molecule has 1 heterocycles. The number of hydrogen-bond donors (Lipinski definition) is 1. The average molecular weight is 277 g/mol. The van der Waals surface area contributed by atoms with Crippen molar-refractivity contribution < 1.29 is 4.74 Å². The predicted octanol–water partition coefficient (Wildman–Crippen LogP) is 3.00. The van der Waals surface area contributed by atoms with Gasteiger partial charge in [-0.2, -0.15) is 0 Å². The third kappa shape index (κ3) is 2.87. The second-order valence-corrected chi connectivity index (χ2v) is 4.14. The number of aromatic nitrogens is 2. The molecule has 0 aliphatic heterocycles. The molecule has 0 saturated carbocycles. The molecular formula is C9H13BrN2OS. The molecule has 1 aromatic rings. The van der Waals surface area contributed by atoms with Crippen LogP contribution in [0.3, 0.4) is 0 Å². The minimum absolute atomic E-state index is 0.517. The largest absolute Gasteiger partial charge is 0.378 e. The number of halogens is 1. The van der Waals surface area contributed by atoms with Crippen LogP contribution in [0.4, 0.5) is 0 Å². The minimum atomic E-state index is 0.517. The van der Waals surface area contributed by atoms with E-state index in [9.17, 15) is 0 Å². The van der Waals surface area contributed by atoms with Crippen LogP contribution >= 0.6 is 28.1 Å². The van der Waals surface area contributed by atoms with Crippen molar-refractivity contribution in [3.8, 4) is 0 Å². The Morgan fingerprint density at radius 3 is 2.86 bits per heavy atom. The van der Waals surface area contributed by atoms with Crippen molar-refractivity contribution in [1.82, 2.24) is 9.97 Å². The summed E-state index contributed by atoms with van der Waals surface area (Å²) in [5.74, 6) is 0.924. The fraction of sp³-hybridized carbons (Fsp3) is 0.556. The highest BCUT2D eigenvalue weighted by molar-refractivity contribution is 9.10. The van der Waals surface area contributed by atoms with Gasteiger partial charge in [0, 0.05) is 13.5 Å². The normalized spacial score (nSPS) is 10.5. The van der Waals surface area contributed by atoms with Gasteiger partial charge in [0.05, 0.1) is 16.8 Å². The summed E-state index contributed by atoms with van der Waals surface area (Å²) in [7, 11) is 1.66. The summed E-state index contributed by atoms with van der Waals surface area (Å²) in [5, 5.41) is 0. The molecule has 0 fully saturated rings. The Morgan fingerprint density at radius 1 is 1.57 bits per heavy atom. The summed E-state index contributed by atoms with van der Waals surface area (Å²) in [4.78, 5) is 7.47. The van der Waals surface area contributed by atoms with Gasteiger partial charge in [0.2, 0.25) is 0 Å². The van der Waals surface area contributed by atoms with E-state index < -0.39 is 0 Å². The van der Waals surface area contributed by atoms with Gasteiger partial charge >= 0.3 is 0 Å². The molecule has 1 rings (SSSR count). The smallest absolute Gasteiger partial charge is 0.144 e. The van der Waals surface area contributed by atoms with E-state index in [1.807, 2.05) is 0 Å². The molecule has 0 amide bonds. The summed E-state index contributed by atoms with van der Waals surface area (Å²) in [6, 6.07) is 0. The van der Waals surface area contributed by atoms with Crippen molar-refractivity contribution in [3.63, 3.8) is 0 Å². The van der Waals surface area contributed by atoms with Crippen LogP contribution in [0.15, 0.2) is 4.47 Å². The van der Waals surface area contributed by atoms with Crippen LogP contribution in [-0.2, 0) is 17.8 Å². The lowest BCUT2D eigenvalue weighted by atomic mass is 10.3. The Labute approximate surface area is 97.0 Å². The number of nitrogens with zero attached hydrogens (tertiary/aromatic N) is 1. The maximum Gasteiger partial charge on any atom is 0.144 e. The van der Waals surface area contributed by atoms with Gasteiger partial charge in [0.15, 0.2) is 0 Å². The van der Waals surface area contributed by atoms with Crippen LogP contribution in [0.5, 0.6) is 0 Å². The van der Waals surface area contributed by atoms with Crippen molar-refractivity contribution in [1.29, 1.82) is 0 Å². The predicted molar refractivity (Wildman–Crippen MR) is 61.8 cm³/mol. The standard InChI is InChI=1S/C9H13BrN2OS/c1-3-4-7-11-6(5-13-2)8(10)9(14)12-7/h3-5H2,1-2H3,(H,11,12,14). The summed E-state index contributed by atoms with van der Waals surface area (Å²) >= 11 is 8.51. The minimum Gasteiger partial charge on any atom is -0.378 e. The van der Waals surface area contributed by atoms with Crippen molar-refractivity contribution in [2.45, 2.75) is 26.4 Å². The van der Waals surface area contributed by atoms with E-state index in [-0.39, 0.29) is 0 Å². The van der Waals surface area contributed by atoms with E-state index in [4.69, 9.17) is 17.0 Å². The molecule has 0 saturated heterocycles. The zero-order valence-electron chi connectivity index (χ0n) is 8.26. The molecule has 0 radical (unpaired) electrons. The average Bonchev–Trinajstić information content (AvgIpc) is 2.14. The molecule has 0 aromatic carbocycles. The first-order valence-electron chi connectivity index (χ1n) is 4.45. The van der Waals surface area contributed by atoms with Crippen molar-refractivity contribution in [2.24, 2.45) is 0 Å². The van der Waals surface area contributed by atoms with Gasteiger partial charge in [0.25, 0.3) is 0 Å². The number of aryl methyl sites for hydroxylation is 1. The van der Waals surface area contributed by atoms with E-state index in [1.165, 1.54) is 0 Å². The Kier molecular flexibility index (Phi) is 4.71. The zero-order chi connectivity index (χ0) is 10.6. The van der Waals surface area contributed by atoms with Gasteiger partial charge in [0.1, 0.15) is 10.5 Å². The first-order valence-corrected chi connectivity index (χ1v) is 5.65. The topological polar surface area (TPSA) is 37.9 Å². The Hall–Kier alpha value is -0.260. The zero-order valence-corrected chi connectivity index (χ0v) is 10.7. The summed E-state index contributed by atoms with van der Waals surface area (Å²) < 4.78 is 6.49. The molecule has 0 bridgehead atoms. The molecule has 0 aliphatic rings. The van der Waals surface area contributed by atoms with Crippen molar-refractivity contribution >= 4 is 28.1 Å². The van der Waals surface area contributed by atoms with Crippen LogP contribution in [0.25, 0.3) is 0 Å². The van der Waals surface area contributed by atoms with Gasteiger partial charge < -0.3 is 9.72 Å². The molecule has 1 N–H and O–H groups in total. The highest BCUT2D eigenvalue weighted by Gasteiger charge is 2.05. The summed E-state index contributed by atoms with van der Waals surface area (Å²) in [5.41, 5.74) is 0.955. The highest BCUT2D eigenvalue weighted by atomic mass is 79.9. The molecule has 1 aromatic heterocycles. The van der Waals surface area contributed by atoms with E-state index in [0.717, 1.165) is 28.8 Å². The third-order valence-electron chi connectivity index (χ3n) is 1.76. The second kappa shape index (κ2) is 5.58. The van der Waals surface area contributed by atoms with E-state index in [1.54, 1.807) is 7.11 Å². The highest BCUT2D eigenvalue weighted by Crippen LogP contribution is 2.16. The van der Waals surface area contributed by atoms with Crippen LogP contribution < -0.4 is 0 Å². The lowest BCUT2D eigenvalue weighted by molar-refractivity contribution is 0.180. The molecule has 0 spiro atoms. The fourth-order valence-electron chi connectivity index (χ4n) is 1.16. The number of aromatic amines is 1. The van der Waals surface area contributed by atoms with Crippen LogP contribution in [0.2, 0.25) is 0 Å². The van der Waals surface area contributed by atoms with E-state index in [0.29, 0.717) is 11.2 Å². The maximum atomic E-state index is 5.12. The molecule has 0 unspecified atom stereocenters. The molecule has 0 aliphatic carbocycles. The van der Waals surface area contributed by atoms with Gasteiger partial charge in [-0.25, -0.2) is 4.98 Å². The molecule has 3 nitrogen and oxygen atoms in total. The first-order chi connectivity index (χ1) is 6.69. The quantitative estimate of drug-likeness (QED) is 0.860. The van der Waals surface area contributed by atoms with Gasteiger partial charge in [-0.3, -0.25) is 0 Å². The monoisotopic (exact) mass is 276 g/mol.